The van der Waals surface area contributed by atoms with Crippen molar-refractivity contribution in [2.75, 3.05) is 6.61 Å². The molecule has 0 saturated heterocycles. The maximum absolute atomic E-state index is 12.3. The lowest BCUT2D eigenvalue weighted by Crippen LogP contribution is -2.54. The first-order valence-corrected chi connectivity index (χ1v) is 15.5. The number of ether oxygens (including phenoxy) is 2. The lowest BCUT2D eigenvalue weighted by atomic mass is 9.47. The predicted molar refractivity (Wildman–Crippen MR) is 147 cm³/mol. The minimum absolute atomic E-state index is 0.0543. The van der Waals surface area contributed by atoms with E-state index in [1.54, 1.807) is 18.1 Å². The Morgan fingerprint density at radius 3 is 2.26 bits per heavy atom. The second-order valence-electron chi connectivity index (χ2n) is 13.2. The Hall–Kier alpha value is -1.91. The average molecular weight is 525 g/mol. The first-order chi connectivity index (χ1) is 18.2. The molecule has 0 aromatic rings. The highest BCUT2D eigenvalue weighted by molar-refractivity contribution is 5.93. The molecule has 3 atom stereocenters. The standard InChI is InChI=1S/C33H48O5/c1-23(34)37-20-10-8-6-4-5-7-9-11-26-22-31(3)32(16-18-33(31,19-17-32)38-24(2)35)29-15-12-25-21-27(36)13-14-28(25)30(26)29/h21,26,29H,4-20,22H2,1-3H3/t26-,29+,31-,32?,33?/m0/s1. The highest BCUT2D eigenvalue weighted by Crippen LogP contribution is 2.79. The molecule has 5 rings (SSSR count). The molecule has 3 saturated carbocycles. The van der Waals surface area contributed by atoms with Crippen molar-refractivity contribution in [3.8, 4) is 0 Å². The minimum atomic E-state index is -0.280. The van der Waals surface area contributed by atoms with E-state index in [1.807, 2.05) is 6.08 Å². The van der Waals surface area contributed by atoms with Crippen molar-refractivity contribution < 1.29 is 23.9 Å². The fraction of sp³-hybridized carbons (Fsp3) is 0.788. The third-order valence-corrected chi connectivity index (χ3v) is 11.4. The minimum Gasteiger partial charge on any atom is -0.466 e. The first-order valence-electron chi connectivity index (χ1n) is 15.5. The molecule has 5 nitrogen and oxygen atoms in total. The zero-order chi connectivity index (χ0) is 27.0. The van der Waals surface area contributed by atoms with Crippen molar-refractivity contribution in [3.05, 3.63) is 22.8 Å². The summed E-state index contributed by atoms with van der Waals surface area (Å²) >= 11 is 0. The van der Waals surface area contributed by atoms with E-state index in [9.17, 15) is 14.4 Å². The number of fused-ring (bicyclic) bond motifs is 2. The van der Waals surface area contributed by atoms with Gasteiger partial charge >= 0.3 is 11.9 Å². The van der Waals surface area contributed by atoms with Gasteiger partial charge in [0, 0.05) is 25.7 Å². The number of unbranched alkanes of at least 4 members (excludes halogenated alkanes) is 6. The monoisotopic (exact) mass is 524 g/mol. The number of carbonyl (C=O) groups excluding carboxylic acids is 3. The van der Waals surface area contributed by atoms with E-state index >= 15 is 0 Å². The molecular formula is C33H48O5. The van der Waals surface area contributed by atoms with E-state index < -0.39 is 0 Å². The molecule has 0 spiro atoms. The van der Waals surface area contributed by atoms with Crippen LogP contribution in [0.3, 0.4) is 0 Å². The summed E-state index contributed by atoms with van der Waals surface area (Å²) in [6.07, 6.45) is 20.8. The SMILES string of the molecule is CC(=O)OCCCCCCCCC[C@H]1C[C@]2(C)C3(OC(C)=O)CCC2(CC3)[C@@H]2CCC3=CC(=O)CCC3=C12. The van der Waals surface area contributed by atoms with Crippen LogP contribution in [0.2, 0.25) is 0 Å². The normalized spacial score (nSPS) is 35.3. The van der Waals surface area contributed by atoms with Crippen LogP contribution in [0.1, 0.15) is 130 Å². The predicted octanol–water partition coefficient (Wildman–Crippen LogP) is 7.57. The van der Waals surface area contributed by atoms with E-state index in [0.717, 1.165) is 51.4 Å². The zero-order valence-corrected chi connectivity index (χ0v) is 24.0. The van der Waals surface area contributed by atoms with Gasteiger partial charge in [-0.2, -0.15) is 0 Å². The van der Waals surface area contributed by atoms with Crippen LogP contribution in [0.4, 0.5) is 0 Å². The summed E-state index contributed by atoms with van der Waals surface area (Å²) in [4.78, 5) is 35.4. The number of carbonyl (C=O) groups is 3. The summed E-state index contributed by atoms with van der Waals surface area (Å²) in [6, 6.07) is 0. The first kappa shape index (κ1) is 27.6. The number of hydrogen-bond acceptors (Lipinski definition) is 5. The van der Waals surface area contributed by atoms with Crippen LogP contribution in [0.15, 0.2) is 22.8 Å². The van der Waals surface area contributed by atoms with Crippen LogP contribution in [0, 0.1) is 22.7 Å². The third-order valence-electron chi connectivity index (χ3n) is 11.4. The highest BCUT2D eigenvalue weighted by atomic mass is 16.6. The van der Waals surface area contributed by atoms with E-state index in [1.165, 1.54) is 63.9 Å². The van der Waals surface area contributed by atoms with Crippen LogP contribution in [-0.2, 0) is 23.9 Å². The van der Waals surface area contributed by atoms with Crippen molar-refractivity contribution in [2.24, 2.45) is 22.7 Å². The molecule has 38 heavy (non-hydrogen) atoms. The molecule has 0 N–H and O–H groups in total. The van der Waals surface area contributed by atoms with Gasteiger partial charge in [0.05, 0.1) is 6.61 Å². The summed E-state index contributed by atoms with van der Waals surface area (Å²) in [5.41, 5.74) is 4.64. The van der Waals surface area contributed by atoms with Crippen molar-refractivity contribution in [1.82, 2.24) is 0 Å². The average Bonchev–Trinajstić information content (AvgIpc) is 3.25. The van der Waals surface area contributed by atoms with Gasteiger partial charge in [-0.25, -0.2) is 0 Å². The number of esters is 2. The van der Waals surface area contributed by atoms with Gasteiger partial charge in [-0.1, -0.05) is 51.0 Å². The van der Waals surface area contributed by atoms with Gasteiger partial charge in [-0.05, 0) is 98.7 Å². The van der Waals surface area contributed by atoms with E-state index in [4.69, 9.17) is 9.47 Å². The second-order valence-corrected chi connectivity index (χ2v) is 13.2. The van der Waals surface area contributed by atoms with Gasteiger partial charge in [0.15, 0.2) is 5.78 Å². The van der Waals surface area contributed by atoms with Crippen LogP contribution in [0.25, 0.3) is 0 Å². The summed E-state index contributed by atoms with van der Waals surface area (Å²) in [6.45, 7) is 6.09. The highest BCUT2D eigenvalue weighted by Gasteiger charge is 2.75. The molecule has 0 radical (unpaired) electrons. The molecule has 0 aromatic carbocycles. The number of ketones is 1. The molecule has 5 heteroatoms. The molecule has 0 aromatic heterocycles. The largest absolute Gasteiger partial charge is 0.466 e. The van der Waals surface area contributed by atoms with Gasteiger partial charge in [0.1, 0.15) is 5.60 Å². The van der Waals surface area contributed by atoms with Crippen LogP contribution in [-0.4, -0.2) is 29.9 Å². The third kappa shape index (κ3) is 4.70. The summed E-state index contributed by atoms with van der Waals surface area (Å²) < 4.78 is 11.3. The second kappa shape index (κ2) is 10.9. The van der Waals surface area contributed by atoms with Gasteiger partial charge in [0.2, 0.25) is 0 Å². The Balaban J connectivity index is 1.28. The fourth-order valence-corrected chi connectivity index (χ4v) is 9.81. The molecule has 210 valence electrons. The Bertz CT molecular complexity index is 1010. The lowest BCUT2D eigenvalue weighted by molar-refractivity contribution is -0.173. The molecule has 0 heterocycles. The van der Waals surface area contributed by atoms with E-state index in [0.29, 0.717) is 30.6 Å². The lowest BCUT2D eigenvalue weighted by Gasteiger charge is -2.58. The fourth-order valence-electron chi connectivity index (χ4n) is 9.81. The Labute approximate surface area is 229 Å². The van der Waals surface area contributed by atoms with E-state index in [2.05, 4.69) is 6.92 Å². The molecule has 5 aliphatic rings. The van der Waals surface area contributed by atoms with Gasteiger partial charge in [-0.3, -0.25) is 14.4 Å². The van der Waals surface area contributed by atoms with Gasteiger partial charge < -0.3 is 9.47 Å². The molecule has 3 fully saturated rings. The summed E-state index contributed by atoms with van der Waals surface area (Å²) in [7, 11) is 0. The van der Waals surface area contributed by atoms with Crippen molar-refractivity contribution in [3.63, 3.8) is 0 Å². The molecule has 5 aliphatic carbocycles. The number of rotatable bonds is 11. The van der Waals surface area contributed by atoms with Crippen LogP contribution >= 0.6 is 0 Å². The number of allylic oxidation sites excluding steroid dienone is 4. The Kier molecular flexibility index (Phi) is 7.95. The molecule has 0 aliphatic heterocycles. The molecule has 0 amide bonds. The van der Waals surface area contributed by atoms with Crippen molar-refractivity contribution in [2.45, 2.75) is 136 Å². The maximum Gasteiger partial charge on any atom is 0.303 e. The maximum atomic E-state index is 12.3. The van der Waals surface area contributed by atoms with E-state index in [-0.39, 0.29) is 28.4 Å². The van der Waals surface area contributed by atoms with Crippen LogP contribution < -0.4 is 0 Å². The quantitative estimate of drug-likeness (QED) is 0.206. The summed E-state index contributed by atoms with van der Waals surface area (Å²) in [5.74, 6) is 1.14. The molecule has 0 unspecified atom stereocenters. The molecule has 2 bridgehead atoms. The Morgan fingerprint density at radius 2 is 1.58 bits per heavy atom. The van der Waals surface area contributed by atoms with Crippen LogP contribution in [0.5, 0.6) is 0 Å². The number of hydrogen-bond donors (Lipinski definition) is 0. The molecular weight excluding hydrogens is 476 g/mol. The smallest absolute Gasteiger partial charge is 0.303 e. The summed E-state index contributed by atoms with van der Waals surface area (Å²) in [5, 5.41) is 0. The zero-order valence-electron chi connectivity index (χ0n) is 24.0. The Morgan fingerprint density at radius 1 is 0.895 bits per heavy atom. The van der Waals surface area contributed by atoms with Gasteiger partial charge in [0.25, 0.3) is 0 Å². The van der Waals surface area contributed by atoms with Gasteiger partial charge in [-0.15, -0.1) is 0 Å². The topological polar surface area (TPSA) is 69.7 Å². The van der Waals surface area contributed by atoms with Crippen molar-refractivity contribution in [1.29, 1.82) is 0 Å². The van der Waals surface area contributed by atoms with Crippen molar-refractivity contribution >= 4 is 17.7 Å².